The molecule has 19 heavy (non-hydrogen) atoms. The summed E-state index contributed by atoms with van der Waals surface area (Å²) in [6, 6.07) is 8.82. The Morgan fingerprint density at radius 1 is 1.42 bits per heavy atom. The van der Waals surface area contributed by atoms with E-state index in [2.05, 4.69) is 45.2 Å². The molecule has 104 valence electrons. The average molecular weight is 327 g/mol. The second-order valence-corrected chi connectivity index (χ2v) is 5.89. The number of aliphatic carboxylic acids is 1. The van der Waals surface area contributed by atoms with Gasteiger partial charge in [-0.3, -0.25) is 4.79 Å². The van der Waals surface area contributed by atoms with Gasteiger partial charge in [0, 0.05) is 41.8 Å². The molecule has 0 radical (unpaired) electrons. The van der Waals surface area contributed by atoms with Crippen molar-refractivity contribution in [1.29, 1.82) is 0 Å². The molecule has 2 rings (SSSR count). The first-order valence-corrected chi connectivity index (χ1v) is 7.33. The number of carbonyl (C=O) groups is 1. The highest BCUT2D eigenvalue weighted by atomic mass is 79.9. The summed E-state index contributed by atoms with van der Waals surface area (Å²) < 4.78 is 1.06. The number of halogens is 1. The van der Waals surface area contributed by atoms with Crippen LogP contribution in [0, 0.1) is 0 Å². The van der Waals surface area contributed by atoms with E-state index in [0.29, 0.717) is 12.5 Å². The number of piperazine rings is 1. The van der Waals surface area contributed by atoms with Gasteiger partial charge in [0.1, 0.15) is 0 Å². The Balaban J connectivity index is 2.15. The van der Waals surface area contributed by atoms with E-state index in [4.69, 9.17) is 5.11 Å². The highest BCUT2D eigenvalue weighted by Crippen LogP contribution is 2.25. The standard InChI is InChI=1S/C14H19BrN2O2/c1-10-8-16-9-13(6-7-14(18)19)17(10)12-4-2-11(15)3-5-12/h2-5,10,13,16H,6-9H2,1H3,(H,18,19). The summed E-state index contributed by atoms with van der Waals surface area (Å²) in [5, 5.41) is 12.2. The van der Waals surface area contributed by atoms with Gasteiger partial charge >= 0.3 is 5.97 Å². The third-order valence-electron chi connectivity index (χ3n) is 3.50. The zero-order valence-electron chi connectivity index (χ0n) is 11.0. The molecule has 1 fully saturated rings. The summed E-state index contributed by atoms with van der Waals surface area (Å²) in [5.74, 6) is -0.728. The molecule has 0 aliphatic carbocycles. The Morgan fingerprint density at radius 3 is 2.74 bits per heavy atom. The van der Waals surface area contributed by atoms with Crippen LogP contribution in [-0.4, -0.2) is 36.2 Å². The van der Waals surface area contributed by atoms with Gasteiger partial charge in [-0.25, -0.2) is 0 Å². The van der Waals surface area contributed by atoms with Crippen molar-refractivity contribution in [3.05, 3.63) is 28.7 Å². The van der Waals surface area contributed by atoms with Crippen LogP contribution in [-0.2, 0) is 4.79 Å². The number of benzene rings is 1. The maximum absolute atomic E-state index is 10.8. The molecule has 0 amide bonds. The molecule has 1 aliphatic rings. The molecule has 1 aromatic rings. The summed E-state index contributed by atoms with van der Waals surface area (Å²) in [6.07, 6.45) is 0.884. The van der Waals surface area contributed by atoms with Crippen LogP contribution in [0.1, 0.15) is 19.8 Å². The molecular weight excluding hydrogens is 308 g/mol. The summed E-state index contributed by atoms with van der Waals surface area (Å²) in [6.45, 7) is 3.94. The minimum absolute atomic E-state index is 0.214. The molecule has 0 spiro atoms. The molecule has 2 atom stereocenters. The number of carboxylic acids is 1. The number of hydrogen-bond acceptors (Lipinski definition) is 3. The highest BCUT2D eigenvalue weighted by Gasteiger charge is 2.28. The molecule has 0 bridgehead atoms. The van der Waals surface area contributed by atoms with Gasteiger partial charge in [-0.05, 0) is 37.6 Å². The Labute approximate surface area is 121 Å². The maximum atomic E-state index is 10.8. The number of hydrogen-bond donors (Lipinski definition) is 2. The van der Waals surface area contributed by atoms with E-state index >= 15 is 0 Å². The first kappa shape index (κ1) is 14.3. The Kier molecular flexibility index (Phi) is 4.82. The smallest absolute Gasteiger partial charge is 0.303 e. The van der Waals surface area contributed by atoms with Crippen molar-refractivity contribution < 1.29 is 9.90 Å². The van der Waals surface area contributed by atoms with Gasteiger partial charge < -0.3 is 15.3 Å². The van der Waals surface area contributed by atoms with E-state index in [1.54, 1.807) is 0 Å². The number of carboxylic acid groups (broad SMARTS) is 1. The lowest BCUT2D eigenvalue weighted by Crippen LogP contribution is -2.56. The molecule has 4 nitrogen and oxygen atoms in total. The van der Waals surface area contributed by atoms with Crippen LogP contribution in [0.3, 0.4) is 0 Å². The van der Waals surface area contributed by atoms with E-state index in [9.17, 15) is 4.79 Å². The van der Waals surface area contributed by atoms with Crippen molar-refractivity contribution in [3.63, 3.8) is 0 Å². The molecule has 1 aliphatic heterocycles. The quantitative estimate of drug-likeness (QED) is 0.892. The predicted molar refractivity (Wildman–Crippen MR) is 79.6 cm³/mol. The molecule has 2 N–H and O–H groups in total. The van der Waals surface area contributed by atoms with Crippen LogP contribution in [0.4, 0.5) is 5.69 Å². The molecule has 1 heterocycles. The van der Waals surface area contributed by atoms with Gasteiger partial charge in [0.2, 0.25) is 0 Å². The summed E-state index contributed by atoms with van der Waals surface area (Å²) in [4.78, 5) is 13.1. The third-order valence-corrected chi connectivity index (χ3v) is 4.03. The van der Waals surface area contributed by atoms with Gasteiger partial charge in [0.15, 0.2) is 0 Å². The van der Waals surface area contributed by atoms with Gasteiger partial charge in [-0.2, -0.15) is 0 Å². The van der Waals surface area contributed by atoms with E-state index < -0.39 is 5.97 Å². The number of rotatable bonds is 4. The zero-order valence-corrected chi connectivity index (χ0v) is 12.6. The van der Waals surface area contributed by atoms with Crippen LogP contribution in [0.2, 0.25) is 0 Å². The van der Waals surface area contributed by atoms with Crippen molar-refractivity contribution >= 4 is 27.6 Å². The van der Waals surface area contributed by atoms with Crippen LogP contribution in [0.25, 0.3) is 0 Å². The van der Waals surface area contributed by atoms with Gasteiger partial charge in [-0.15, -0.1) is 0 Å². The van der Waals surface area contributed by atoms with Gasteiger partial charge in [0.05, 0.1) is 0 Å². The first-order valence-electron chi connectivity index (χ1n) is 6.54. The van der Waals surface area contributed by atoms with Gasteiger partial charge in [0.25, 0.3) is 0 Å². The fourth-order valence-electron chi connectivity index (χ4n) is 2.63. The second kappa shape index (κ2) is 6.39. The fraction of sp³-hybridized carbons (Fsp3) is 0.500. The van der Waals surface area contributed by atoms with E-state index in [0.717, 1.165) is 23.2 Å². The highest BCUT2D eigenvalue weighted by molar-refractivity contribution is 9.10. The fourth-order valence-corrected chi connectivity index (χ4v) is 2.89. The van der Waals surface area contributed by atoms with Crippen LogP contribution in [0.15, 0.2) is 28.7 Å². The summed E-state index contributed by atoms with van der Waals surface area (Å²) in [7, 11) is 0. The second-order valence-electron chi connectivity index (χ2n) is 4.98. The monoisotopic (exact) mass is 326 g/mol. The normalized spacial score (nSPS) is 23.4. The Morgan fingerprint density at radius 2 is 2.11 bits per heavy atom. The number of anilines is 1. The largest absolute Gasteiger partial charge is 0.481 e. The summed E-state index contributed by atoms with van der Waals surface area (Å²) >= 11 is 3.44. The van der Waals surface area contributed by atoms with E-state index in [1.165, 1.54) is 0 Å². The van der Waals surface area contributed by atoms with Crippen LogP contribution in [0.5, 0.6) is 0 Å². The van der Waals surface area contributed by atoms with Crippen molar-refractivity contribution in [2.75, 3.05) is 18.0 Å². The average Bonchev–Trinajstić information content (AvgIpc) is 2.38. The molecule has 1 saturated heterocycles. The van der Waals surface area contributed by atoms with Gasteiger partial charge in [-0.1, -0.05) is 15.9 Å². The molecule has 2 unspecified atom stereocenters. The third kappa shape index (κ3) is 3.70. The lowest BCUT2D eigenvalue weighted by molar-refractivity contribution is -0.137. The molecule has 5 heteroatoms. The molecular formula is C14H19BrN2O2. The lowest BCUT2D eigenvalue weighted by Gasteiger charge is -2.43. The molecule has 1 aromatic carbocycles. The van der Waals surface area contributed by atoms with Crippen molar-refractivity contribution in [2.24, 2.45) is 0 Å². The Bertz CT molecular complexity index is 436. The Hall–Kier alpha value is -1.07. The summed E-state index contributed by atoms with van der Waals surface area (Å²) in [5.41, 5.74) is 1.16. The van der Waals surface area contributed by atoms with E-state index in [-0.39, 0.29) is 12.5 Å². The maximum Gasteiger partial charge on any atom is 0.303 e. The topological polar surface area (TPSA) is 52.6 Å². The predicted octanol–water partition coefficient (Wildman–Crippen LogP) is 2.48. The number of nitrogens with zero attached hydrogens (tertiary/aromatic N) is 1. The minimum atomic E-state index is -0.728. The van der Waals surface area contributed by atoms with E-state index in [1.807, 2.05) is 12.1 Å². The van der Waals surface area contributed by atoms with Crippen LogP contribution < -0.4 is 10.2 Å². The molecule has 0 aromatic heterocycles. The zero-order chi connectivity index (χ0) is 13.8. The lowest BCUT2D eigenvalue weighted by atomic mass is 10.0. The minimum Gasteiger partial charge on any atom is -0.481 e. The van der Waals surface area contributed by atoms with Crippen molar-refractivity contribution in [3.8, 4) is 0 Å². The van der Waals surface area contributed by atoms with Crippen molar-refractivity contribution in [1.82, 2.24) is 5.32 Å². The SMILES string of the molecule is CC1CNCC(CCC(=O)O)N1c1ccc(Br)cc1. The van der Waals surface area contributed by atoms with Crippen LogP contribution >= 0.6 is 15.9 Å². The van der Waals surface area contributed by atoms with Crippen molar-refractivity contribution in [2.45, 2.75) is 31.8 Å². The number of nitrogens with one attached hydrogen (secondary N) is 1. The first-order chi connectivity index (χ1) is 9.08. The molecule has 0 saturated carbocycles.